The number of ether oxygens (including phenoxy) is 2. The van der Waals surface area contributed by atoms with Crippen LogP contribution in [-0.2, 0) is 7.05 Å². The molecule has 32 heavy (non-hydrogen) atoms. The number of amides is 1. The van der Waals surface area contributed by atoms with E-state index in [1.165, 1.54) is 0 Å². The Labute approximate surface area is 184 Å². The number of anilines is 2. The van der Waals surface area contributed by atoms with Crippen LogP contribution in [0.5, 0.6) is 11.6 Å². The fraction of sp³-hybridized carbons (Fsp3) is 0.273. The molecule has 3 N–H and O–H groups in total. The van der Waals surface area contributed by atoms with Gasteiger partial charge in [-0.15, -0.1) is 0 Å². The Hall–Kier alpha value is -4.08. The Balaban J connectivity index is 1.55. The van der Waals surface area contributed by atoms with Crippen molar-refractivity contribution in [2.45, 2.75) is 18.9 Å². The molecule has 0 saturated heterocycles. The minimum Gasteiger partial charge on any atom is -0.495 e. The quantitative estimate of drug-likeness (QED) is 0.410. The third kappa shape index (κ3) is 3.70. The summed E-state index contributed by atoms with van der Waals surface area (Å²) >= 11 is 0. The van der Waals surface area contributed by atoms with Crippen LogP contribution in [0.3, 0.4) is 0 Å². The van der Waals surface area contributed by atoms with Crippen molar-refractivity contribution in [3.05, 3.63) is 42.4 Å². The number of aromatic amines is 1. The normalized spacial score (nSPS) is 13.2. The number of fused-ring (bicyclic) bond motifs is 1. The largest absolute Gasteiger partial charge is 0.495 e. The van der Waals surface area contributed by atoms with Gasteiger partial charge in [-0.25, -0.2) is 0 Å². The number of rotatable bonds is 7. The first-order chi connectivity index (χ1) is 15.6. The maximum Gasteiger partial charge on any atom is 0.251 e. The van der Waals surface area contributed by atoms with E-state index in [2.05, 4.69) is 30.7 Å². The van der Waals surface area contributed by atoms with Crippen molar-refractivity contribution in [1.29, 1.82) is 0 Å². The van der Waals surface area contributed by atoms with Crippen LogP contribution in [0.2, 0.25) is 0 Å². The number of H-pyrrole nitrogens is 1. The van der Waals surface area contributed by atoms with Gasteiger partial charge >= 0.3 is 0 Å². The van der Waals surface area contributed by atoms with Crippen molar-refractivity contribution >= 4 is 28.6 Å². The molecular weight excluding hydrogens is 410 g/mol. The topological polar surface area (TPSA) is 119 Å². The van der Waals surface area contributed by atoms with Gasteiger partial charge in [0.1, 0.15) is 17.5 Å². The summed E-state index contributed by atoms with van der Waals surface area (Å²) in [5, 5.41) is 10.9. The molecule has 0 spiro atoms. The summed E-state index contributed by atoms with van der Waals surface area (Å²) < 4.78 is 13.4. The lowest BCUT2D eigenvalue weighted by molar-refractivity contribution is 0.0963. The predicted molar refractivity (Wildman–Crippen MR) is 119 cm³/mol. The van der Waals surface area contributed by atoms with Crippen molar-refractivity contribution in [2.24, 2.45) is 7.05 Å². The van der Waals surface area contributed by atoms with Crippen LogP contribution in [0, 0.1) is 0 Å². The molecule has 3 aromatic heterocycles. The summed E-state index contributed by atoms with van der Waals surface area (Å²) in [5.74, 6) is 1.18. The van der Waals surface area contributed by atoms with Gasteiger partial charge in [-0.05, 0) is 31.0 Å². The Morgan fingerprint density at radius 2 is 2.12 bits per heavy atom. The van der Waals surface area contributed by atoms with Gasteiger partial charge in [0, 0.05) is 43.2 Å². The number of carbonyl (C=O) groups excluding carboxylic acids is 1. The SMILES string of the molecule is CNC(=O)c1ccc(Nc2nc(OC3CC3)c3c(-c4cnn(C)c4)c[nH]c3n2)c(OC)c1. The van der Waals surface area contributed by atoms with Gasteiger partial charge in [0.15, 0.2) is 0 Å². The summed E-state index contributed by atoms with van der Waals surface area (Å²) in [6.45, 7) is 0. The number of methoxy groups -OCH3 is 1. The molecule has 10 nitrogen and oxygen atoms in total. The lowest BCUT2D eigenvalue weighted by Gasteiger charge is -2.13. The Morgan fingerprint density at radius 1 is 1.28 bits per heavy atom. The number of aromatic nitrogens is 5. The van der Waals surface area contributed by atoms with Crippen molar-refractivity contribution in [2.75, 3.05) is 19.5 Å². The molecule has 0 radical (unpaired) electrons. The minimum atomic E-state index is -0.193. The van der Waals surface area contributed by atoms with Gasteiger partial charge in [0.05, 0.1) is 24.4 Å². The van der Waals surface area contributed by atoms with E-state index in [0.29, 0.717) is 34.5 Å². The Kier molecular flexibility index (Phi) is 4.89. The highest BCUT2D eigenvalue weighted by Crippen LogP contribution is 2.38. The van der Waals surface area contributed by atoms with Crippen molar-refractivity contribution in [1.82, 2.24) is 30.0 Å². The second kappa shape index (κ2) is 7.88. The fourth-order valence-electron chi connectivity index (χ4n) is 3.47. The van der Waals surface area contributed by atoms with E-state index in [9.17, 15) is 4.79 Å². The molecule has 1 aliphatic rings. The smallest absolute Gasteiger partial charge is 0.251 e. The van der Waals surface area contributed by atoms with Crippen LogP contribution >= 0.6 is 0 Å². The molecule has 0 atom stereocenters. The van der Waals surface area contributed by atoms with E-state index in [4.69, 9.17) is 9.47 Å². The molecule has 4 aromatic rings. The molecular formula is C22H23N7O3. The van der Waals surface area contributed by atoms with Gasteiger partial charge in [0.25, 0.3) is 5.91 Å². The molecule has 0 unspecified atom stereocenters. The van der Waals surface area contributed by atoms with Gasteiger partial charge < -0.3 is 25.1 Å². The molecule has 0 aliphatic heterocycles. The first-order valence-corrected chi connectivity index (χ1v) is 10.3. The summed E-state index contributed by atoms with van der Waals surface area (Å²) in [6.07, 6.45) is 7.81. The molecule has 1 saturated carbocycles. The van der Waals surface area contributed by atoms with Gasteiger partial charge in [-0.3, -0.25) is 9.48 Å². The van der Waals surface area contributed by atoms with E-state index in [-0.39, 0.29) is 12.0 Å². The number of aryl methyl sites for hydroxylation is 1. The Bertz CT molecular complexity index is 1310. The number of nitrogens with one attached hydrogen (secondary N) is 3. The molecule has 1 aromatic carbocycles. The van der Waals surface area contributed by atoms with Crippen molar-refractivity contribution in [3.63, 3.8) is 0 Å². The monoisotopic (exact) mass is 433 g/mol. The fourth-order valence-corrected chi connectivity index (χ4v) is 3.47. The van der Waals surface area contributed by atoms with E-state index >= 15 is 0 Å². The van der Waals surface area contributed by atoms with Gasteiger partial charge in [-0.1, -0.05) is 0 Å². The maximum atomic E-state index is 11.9. The highest BCUT2D eigenvalue weighted by Gasteiger charge is 2.27. The zero-order chi connectivity index (χ0) is 22.2. The molecule has 1 aliphatic carbocycles. The predicted octanol–water partition coefficient (Wildman–Crippen LogP) is 3.01. The van der Waals surface area contributed by atoms with E-state index in [1.807, 2.05) is 19.4 Å². The number of benzene rings is 1. The van der Waals surface area contributed by atoms with Crippen LogP contribution in [0.15, 0.2) is 36.8 Å². The molecule has 3 heterocycles. The number of hydrogen-bond donors (Lipinski definition) is 3. The molecule has 10 heteroatoms. The summed E-state index contributed by atoms with van der Waals surface area (Å²) in [4.78, 5) is 24.5. The van der Waals surface area contributed by atoms with Crippen molar-refractivity contribution in [3.8, 4) is 22.8 Å². The lowest BCUT2D eigenvalue weighted by Crippen LogP contribution is -2.17. The van der Waals surface area contributed by atoms with Crippen LogP contribution in [0.1, 0.15) is 23.2 Å². The van der Waals surface area contributed by atoms with Crippen LogP contribution < -0.4 is 20.1 Å². The first kappa shape index (κ1) is 19.9. The second-order valence-corrected chi connectivity index (χ2v) is 7.62. The zero-order valence-corrected chi connectivity index (χ0v) is 18.0. The molecule has 5 rings (SSSR count). The van der Waals surface area contributed by atoms with E-state index in [0.717, 1.165) is 29.4 Å². The van der Waals surface area contributed by atoms with Crippen LogP contribution in [0.4, 0.5) is 11.6 Å². The molecule has 0 bridgehead atoms. The molecule has 1 fully saturated rings. The van der Waals surface area contributed by atoms with E-state index < -0.39 is 0 Å². The summed E-state index contributed by atoms with van der Waals surface area (Å²) in [5.41, 5.74) is 3.67. The second-order valence-electron chi connectivity index (χ2n) is 7.62. The Morgan fingerprint density at radius 3 is 2.81 bits per heavy atom. The number of hydrogen-bond acceptors (Lipinski definition) is 7. The van der Waals surface area contributed by atoms with Crippen LogP contribution in [0.25, 0.3) is 22.2 Å². The summed E-state index contributed by atoms with van der Waals surface area (Å²) in [6, 6.07) is 5.13. The highest BCUT2D eigenvalue weighted by molar-refractivity contribution is 5.98. The average Bonchev–Trinajstić information content (AvgIpc) is 3.34. The van der Waals surface area contributed by atoms with E-state index in [1.54, 1.807) is 43.2 Å². The van der Waals surface area contributed by atoms with Crippen molar-refractivity contribution < 1.29 is 14.3 Å². The number of carbonyl (C=O) groups is 1. The average molecular weight is 433 g/mol. The number of nitrogens with zero attached hydrogens (tertiary/aromatic N) is 4. The molecule has 1 amide bonds. The highest BCUT2D eigenvalue weighted by atomic mass is 16.5. The standard InChI is InChI=1S/C22H23N7O3/c1-23-20(30)12-4-7-16(17(8-12)31-3)26-22-27-19-18(21(28-22)32-14-5-6-14)15(10-24-19)13-9-25-29(2)11-13/h4,7-11,14H,5-6H2,1-3H3,(H,23,30)(H2,24,26,27,28). The third-order valence-electron chi connectivity index (χ3n) is 5.25. The van der Waals surface area contributed by atoms with Gasteiger partial charge in [-0.2, -0.15) is 15.1 Å². The first-order valence-electron chi connectivity index (χ1n) is 10.3. The third-order valence-corrected chi connectivity index (χ3v) is 5.25. The van der Waals surface area contributed by atoms with Gasteiger partial charge in [0.2, 0.25) is 11.8 Å². The summed E-state index contributed by atoms with van der Waals surface area (Å²) in [7, 11) is 5.01. The van der Waals surface area contributed by atoms with Crippen LogP contribution in [-0.4, -0.2) is 50.9 Å². The minimum absolute atomic E-state index is 0.166. The lowest BCUT2D eigenvalue weighted by atomic mass is 10.1. The maximum absolute atomic E-state index is 11.9. The zero-order valence-electron chi connectivity index (χ0n) is 18.0. The molecule has 164 valence electrons.